The van der Waals surface area contributed by atoms with Crippen molar-refractivity contribution in [1.82, 2.24) is 8.80 Å². The first-order chi connectivity index (χ1) is 21.8. The van der Waals surface area contributed by atoms with E-state index in [9.17, 15) is 0 Å². The van der Waals surface area contributed by atoms with E-state index in [1.54, 1.807) is 0 Å². The maximum atomic E-state index is 2.51. The Balaban J connectivity index is 1.26. The molecule has 44 heavy (non-hydrogen) atoms. The largest absolute Gasteiger partial charge is 0.308 e. The van der Waals surface area contributed by atoms with Gasteiger partial charge in [0.2, 0.25) is 0 Å². The molecule has 0 amide bonds. The second-order valence-electron chi connectivity index (χ2n) is 12.6. The fourth-order valence-corrected chi connectivity index (χ4v) is 8.56. The van der Waals surface area contributed by atoms with Crippen LogP contribution >= 0.6 is 0 Å². The Hall–Kier alpha value is -5.86. The highest BCUT2D eigenvalue weighted by atomic mass is 14.9. The van der Waals surface area contributed by atoms with E-state index in [0.29, 0.717) is 0 Å². The lowest BCUT2D eigenvalue weighted by molar-refractivity contribution is 1.37. The molecule has 0 radical (unpaired) electrons. The third-order valence-electron chi connectivity index (χ3n) is 10.4. The van der Waals surface area contributed by atoms with Crippen LogP contribution in [0.5, 0.6) is 0 Å². The molecule has 0 saturated carbocycles. The molecule has 0 aliphatic carbocycles. The van der Waals surface area contributed by atoms with Gasteiger partial charge in [0, 0.05) is 43.1 Å². The molecular formula is C42H22N2. The third kappa shape index (κ3) is 2.41. The zero-order valence-corrected chi connectivity index (χ0v) is 23.6. The minimum atomic E-state index is 1.28. The van der Waals surface area contributed by atoms with Gasteiger partial charge in [-0.2, -0.15) is 0 Å². The van der Waals surface area contributed by atoms with Crippen LogP contribution in [-0.2, 0) is 0 Å². The Morgan fingerprint density at radius 2 is 0.545 bits per heavy atom. The molecule has 0 bridgehead atoms. The summed E-state index contributed by atoms with van der Waals surface area (Å²) < 4.78 is 5.02. The molecule has 0 aliphatic rings. The average molecular weight is 555 g/mol. The van der Waals surface area contributed by atoms with Gasteiger partial charge >= 0.3 is 0 Å². The smallest absolute Gasteiger partial charge is 0.0620 e. The summed E-state index contributed by atoms with van der Waals surface area (Å²) in [5.41, 5.74) is 7.77. The van der Waals surface area contributed by atoms with Crippen LogP contribution in [0.1, 0.15) is 0 Å². The van der Waals surface area contributed by atoms with Crippen molar-refractivity contribution < 1.29 is 0 Å². The van der Waals surface area contributed by atoms with Gasteiger partial charge in [0.25, 0.3) is 0 Å². The van der Waals surface area contributed by atoms with E-state index in [1.807, 2.05) is 0 Å². The van der Waals surface area contributed by atoms with Crippen LogP contribution in [0, 0.1) is 0 Å². The monoisotopic (exact) mass is 554 g/mol. The Bertz CT molecular complexity index is 2990. The van der Waals surface area contributed by atoms with Crippen molar-refractivity contribution in [3.05, 3.63) is 133 Å². The highest BCUT2D eigenvalue weighted by Gasteiger charge is 2.21. The molecule has 12 aromatic rings. The van der Waals surface area contributed by atoms with Crippen molar-refractivity contribution in [2.45, 2.75) is 0 Å². The molecule has 4 aromatic heterocycles. The first-order valence-corrected chi connectivity index (χ1v) is 15.4. The fourth-order valence-electron chi connectivity index (χ4n) is 8.56. The first kappa shape index (κ1) is 21.8. The standard InChI is InChI=1S/C42H22N2/c1-3-9-25-19-37-33(15-23(25)7-1)29-11-5-13-31-35-17-28-22-40-36(18-27(28)21-39(35)43(37)41(29)31)32-14-6-12-30-34-16-24-8-2-4-10-26(24)20-38(34)44(40)42(30)32/h1-22H. The fraction of sp³-hybridized carbons (Fsp3) is 0. The predicted molar refractivity (Wildman–Crippen MR) is 188 cm³/mol. The summed E-state index contributed by atoms with van der Waals surface area (Å²) >= 11 is 0. The number of fused-ring (bicyclic) bond motifs is 15. The van der Waals surface area contributed by atoms with E-state index in [0.717, 1.165) is 0 Å². The van der Waals surface area contributed by atoms with Crippen molar-refractivity contribution in [2.24, 2.45) is 0 Å². The van der Waals surface area contributed by atoms with E-state index in [4.69, 9.17) is 0 Å². The van der Waals surface area contributed by atoms with Crippen LogP contribution in [0.15, 0.2) is 133 Å². The molecule has 200 valence electrons. The molecular weight excluding hydrogens is 532 g/mol. The molecule has 0 saturated heterocycles. The Labute approximate surface area is 250 Å². The Kier molecular flexibility index (Phi) is 3.56. The van der Waals surface area contributed by atoms with Crippen LogP contribution < -0.4 is 0 Å². The average Bonchev–Trinajstić information content (AvgIpc) is 3.77. The lowest BCUT2D eigenvalue weighted by Gasteiger charge is -2.05. The van der Waals surface area contributed by atoms with Gasteiger partial charge in [-0.1, -0.05) is 84.9 Å². The molecule has 0 fully saturated rings. The van der Waals surface area contributed by atoms with E-state index in [-0.39, 0.29) is 0 Å². The second kappa shape index (κ2) is 7.19. The zero-order valence-electron chi connectivity index (χ0n) is 23.6. The van der Waals surface area contributed by atoms with Gasteiger partial charge in [-0.25, -0.2) is 0 Å². The maximum Gasteiger partial charge on any atom is 0.0620 e. The molecule has 0 spiro atoms. The Morgan fingerprint density at radius 3 is 0.909 bits per heavy atom. The Morgan fingerprint density at radius 1 is 0.250 bits per heavy atom. The molecule has 2 nitrogen and oxygen atoms in total. The molecule has 8 aromatic carbocycles. The number of hydrogen-bond donors (Lipinski definition) is 0. The van der Waals surface area contributed by atoms with Gasteiger partial charge in [-0.15, -0.1) is 0 Å². The lowest BCUT2D eigenvalue weighted by atomic mass is 10.0. The van der Waals surface area contributed by atoms with Gasteiger partial charge in [0.1, 0.15) is 0 Å². The third-order valence-corrected chi connectivity index (χ3v) is 10.4. The summed E-state index contributed by atoms with van der Waals surface area (Å²) in [7, 11) is 0. The van der Waals surface area contributed by atoms with E-state index in [1.165, 1.54) is 109 Å². The second-order valence-corrected chi connectivity index (χ2v) is 12.6. The topological polar surface area (TPSA) is 8.82 Å². The summed E-state index contributed by atoms with van der Waals surface area (Å²) in [5.74, 6) is 0. The molecule has 4 heterocycles. The summed E-state index contributed by atoms with van der Waals surface area (Å²) in [6, 6.07) is 50.3. The number of para-hydroxylation sites is 2. The van der Waals surface area contributed by atoms with Crippen molar-refractivity contribution in [3.8, 4) is 0 Å². The van der Waals surface area contributed by atoms with Crippen LogP contribution in [-0.4, -0.2) is 8.80 Å². The lowest BCUT2D eigenvalue weighted by Crippen LogP contribution is -1.84. The maximum absolute atomic E-state index is 2.51. The quantitative estimate of drug-likeness (QED) is 0.176. The van der Waals surface area contributed by atoms with Crippen LogP contribution in [0.25, 0.3) is 109 Å². The molecule has 2 heteroatoms. The predicted octanol–water partition coefficient (Wildman–Crippen LogP) is 11.4. The number of rotatable bonds is 0. The molecule has 0 unspecified atom stereocenters. The van der Waals surface area contributed by atoms with Crippen molar-refractivity contribution in [1.29, 1.82) is 0 Å². The summed E-state index contributed by atoms with van der Waals surface area (Å²) in [6.07, 6.45) is 0. The zero-order chi connectivity index (χ0) is 28.3. The molecule has 0 N–H and O–H groups in total. The van der Waals surface area contributed by atoms with Gasteiger partial charge in [0.05, 0.1) is 33.1 Å². The van der Waals surface area contributed by atoms with Crippen molar-refractivity contribution in [3.63, 3.8) is 0 Å². The number of nitrogens with zero attached hydrogens (tertiary/aromatic N) is 2. The van der Waals surface area contributed by atoms with Crippen molar-refractivity contribution >= 4 is 109 Å². The van der Waals surface area contributed by atoms with E-state index in [2.05, 4.69) is 142 Å². The molecule has 0 aliphatic heterocycles. The highest BCUT2D eigenvalue weighted by Crippen LogP contribution is 2.44. The van der Waals surface area contributed by atoms with Crippen molar-refractivity contribution in [2.75, 3.05) is 0 Å². The molecule has 12 rings (SSSR count). The van der Waals surface area contributed by atoms with Gasteiger partial charge in [0.15, 0.2) is 0 Å². The number of hydrogen-bond acceptors (Lipinski definition) is 0. The van der Waals surface area contributed by atoms with Gasteiger partial charge < -0.3 is 8.80 Å². The number of benzene rings is 8. The van der Waals surface area contributed by atoms with Gasteiger partial charge in [-0.05, 0) is 80.8 Å². The van der Waals surface area contributed by atoms with Crippen LogP contribution in [0.2, 0.25) is 0 Å². The van der Waals surface area contributed by atoms with E-state index >= 15 is 0 Å². The highest BCUT2D eigenvalue weighted by molar-refractivity contribution is 6.28. The summed E-state index contributed by atoms with van der Waals surface area (Å²) in [5, 5.41) is 18.3. The van der Waals surface area contributed by atoms with Gasteiger partial charge in [-0.3, -0.25) is 0 Å². The SMILES string of the molecule is c1ccc2cc3c(cc2c1)c1cccc2c4cc5cc6c(cc5cc4n3c12)c1cccc2c3cc4ccccc4cc3n6c21. The minimum absolute atomic E-state index is 1.28. The van der Waals surface area contributed by atoms with E-state index < -0.39 is 0 Å². The van der Waals surface area contributed by atoms with Crippen LogP contribution in [0.3, 0.4) is 0 Å². The first-order valence-electron chi connectivity index (χ1n) is 15.4. The molecule has 0 atom stereocenters. The number of aromatic nitrogens is 2. The minimum Gasteiger partial charge on any atom is -0.308 e. The summed E-state index contributed by atoms with van der Waals surface area (Å²) in [6.45, 7) is 0. The van der Waals surface area contributed by atoms with Crippen LogP contribution in [0.4, 0.5) is 0 Å². The normalized spacial score (nSPS) is 13.0. The summed E-state index contributed by atoms with van der Waals surface area (Å²) in [4.78, 5) is 0.